The van der Waals surface area contributed by atoms with Crippen molar-refractivity contribution < 1.29 is 40.2 Å². The number of rotatable bonds is 21. The summed E-state index contributed by atoms with van der Waals surface area (Å²) in [6, 6.07) is 16.3. The highest BCUT2D eigenvalue weighted by Gasteiger charge is 2.46. The van der Waals surface area contributed by atoms with Gasteiger partial charge in [0.05, 0.1) is 12.7 Å². The molecule has 12 heteroatoms. The summed E-state index contributed by atoms with van der Waals surface area (Å²) in [5.41, 5.74) is 5.22. The molecular weight excluding hydrogens is 674 g/mol. The first-order chi connectivity index (χ1) is 24.6. The van der Waals surface area contributed by atoms with E-state index in [1.807, 2.05) is 42.7 Å². The lowest BCUT2D eigenvalue weighted by Crippen LogP contribution is -2.50. The van der Waals surface area contributed by atoms with E-state index in [9.17, 15) is 30.3 Å². The number of aliphatic hydroxyl groups excluding tert-OH is 6. The summed E-state index contributed by atoms with van der Waals surface area (Å²) in [5, 5.41) is 63.1. The van der Waals surface area contributed by atoms with Gasteiger partial charge in [-0.1, -0.05) is 48.9 Å². The predicted octanol–water partition coefficient (Wildman–Crippen LogP) is 3.64. The molecule has 7 N–H and O–H groups in total. The lowest BCUT2D eigenvalue weighted by Gasteiger charge is -2.30. The Kier molecular flexibility index (Phi) is 13.9. The lowest BCUT2D eigenvalue weighted by molar-refractivity contribution is -0.140. The molecule has 0 saturated heterocycles. The number of carbonyl (C=O) groups excluding carboxylic acids is 1. The molecule has 1 unspecified atom stereocenters. The normalized spacial score (nSPS) is 18.0. The minimum Gasteiger partial charge on any atom is -0.490 e. The number of halogens is 1. The molecule has 2 fully saturated rings. The van der Waals surface area contributed by atoms with Crippen molar-refractivity contribution in [1.82, 2.24) is 15.2 Å². The van der Waals surface area contributed by atoms with Crippen LogP contribution in [0.4, 0.5) is 0 Å². The van der Waals surface area contributed by atoms with Crippen molar-refractivity contribution in [2.75, 3.05) is 26.3 Å². The molecular formula is C39H52ClN3O8. The van der Waals surface area contributed by atoms with E-state index >= 15 is 0 Å². The van der Waals surface area contributed by atoms with Gasteiger partial charge in [-0.25, -0.2) is 0 Å². The van der Waals surface area contributed by atoms with Crippen LogP contribution in [0.3, 0.4) is 0 Å². The monoisotopic (exact) mass is 725 g/mol. The van der Waals surface area contributed by atoms with Crippen LogP contribution >= 0.6 is 11.6 Å². The molecule has 0 radical (unpaired) electrons. The van der Waals surface area contributed by atoms with Crippen molar-refractivity contribution in [2.24, 2.45) is 0 Å². The number of hydrogen-bond acceptors (Lipinski definition) is 10. The molecule has 11 nitrogen and oxygen atoms in total. The highest BCUT2D eigenvalue weighted by atomic mass is 35.5. The number of benzene rings is 2. The van der Waals surface area contributed by atoms with Crippen LogP contribution in [0.25, 0.3) is 11.1 Å². The average molecular weight is 726 g/mol. The molecule has 0 aliphatic heterocycles. The van der Waals surface area contributed by atoms with Crippen molar-refractivity contribution in [1.29, 1.82) is 0 Å². The summed E-state index contributed by atoms with van der Waals surface area (Å²) in [6.07, 6.45) is 3.24. The van der Waals surface area contributed by atoms with Gasteiger partial charge in [0, 0.05) is 61.2 Å². The van der Waals surface area contributed by atoms with Gasteiger partial charge in [-0.2, -0.15) is 0 Å². The van der Waals surface area contributed by atoms with Gasteiger partial charge in [0.15, 0.2) is 0 Å². The third-order valence-corrected chi connectivity index (χ3v) is 10.4. The van der Waals surface area contributed by atoms with E-state index in [0.29, 0.717) is 30.5 Å². The number of nitrogens with zero attached hydrogens (tertiary/aromatic N) is 2. The maximum Gasteiger partial charge on any atom is 0.222 e. The standard InChI is InChI=1S/C39H52ClN3O8/c1-25(6-4-9-36(48)43(18-5-19-44)23-33(46)37(49)38(50)34(47)24-45)26-10-13-32(40)27(20-26)21-42-39(15-16-39)31-22-41-17-14-29(31)30-7-2-3-8-35(30)51-28-11-12-28/h2-3,7-8,10,13-14,17,20,22,25,28,33-34,37-38,42,44-47,49-50H,4-6,9,11-12,15-16,18-19,21,23-24H2,1H3/t25?,33-,34+,37+,38+/m0/s1. The second-order valence-electron chi connectivity index (χ2n) is 14.0. The average Bonchev–Trinajstić information content (AvgIpc) is 4.09. The van der Waals surface area contributed by atoms with Crippen LogP contribution in [-0.4, -0.2) is 103 Å². The van der Waals surface area contributed by atoms with E-state index < -0.39 is 31.0 Å². The number of ether oxygens (including phenoxy) is 1. The van der Waals surface area contributed by atoms with Crippen LogP contribution in [0.1, 0.15) is 80.9 Å². The maximum atomic E-state index is 13.1. The molecule has 2 saturated carbocycles. The number of amides is 1. The zero-order chi connectivity index (χ0) is 36.5. The van der Waals surface area contributed by atoms with Crippen LogP contribution in [0.5, 0.6) is 5.75 Å². The van der Waals surface area contributed by atoms with Gasteiger partial charge in [-0.3, -0.25) is 9.78 Å². The number of aliphatic hydroxyl groups is 6. The van der Waals surface area contributed by atoms with Gasteiger partial charge in [-0.05, 0) is 91.3 Å². The molecule has 1 amide bonds. The van der Waals surface area contributed by atoms with Crippen LogP contribution < -0.4 is 10.1 Å². The fourth-order valence-electron chi connectivity index (χ4n) is 6.50. The zero-order valence-corrected chi connectivity index (χ0v) is 30.0. The summed E-state index contributed by atoms with van der Waals surface area (Å²) in [5.74, 6) is 0.773. The number of carbonyl (C=O) groups is 1. The molecule has 5 rings (SSSR count). The Morgan fingerprint density at radius 1 is 1.02 bits per heavy atom. The molecule has 51 heavy (non-hydrogen) atoms. The predicted molar refractivity (Wildman–Crippen MR) is 194 cm³/mol. The molecule has 1 aromatic heterocycles. The number of hydrogen-bond donors (Lipinski definition) is 7. The Bertz CT molecular complexity index is 1590. The molecule has 2 aliphatic rings. The summed E-state index contributed by atoms with van der Waals surface area (Å²) in [6.45, 7) is 1.59. The van der Waals surface area contributed by atoms with E-state index in [1.165, 1.54) is 4.90 Å². The minimum atomic E-state index is -1.78. The van der Waals surface area contributed by atoms with E-state index in [1.54, 1.807) is 0 Å². The summed E-state index contributed by atoms with van der Waals surface area (Å²) in [4.78, 5) is 19.0. The van der Waals surface area contributed by atoms with Gasteiger partial charge in [0.2, 0.25) is 5.91 Å². The van der Waals surface area contributed by atoms with Crippen LogP contribution in [0.2, 0.25) is 5.02 Å². The van der Waals surface area contributed by atoms with Crippen LogP contribution in [0.15, 0.2) is 60.9 Å². The van der Waals surface area contributed by atoms with E-state index in [2.05, 4.69) is 35.4 Å². The first-order valence-electron chi connectivity index (χ1n) is 18.0. The maximum absolute atomic E-state index is 13.1. The second kappa shape index (κ2) is 18.1. The van der Waals surface area contributed by atoms with Crippen molar-refractivity contribution in [2.45, 2.75) is 107 Å². The third-order valence-electron chi connectivity index (χ3n) is 10.0. The smallest absolute Gasteiger partial charge is 0.222 e. The largest absolute Gasteiger partial charge is 0.490 e. The number of nitrogens with one attached hydrogen (secondary N) is 1. The third kappa shape index (κ3) is 10.3. The van der Waals surface area contributed by atoms with E-state index in [0.717, 1.165) is 59.3 Å². The Morgan fingerprint density at radius 3 is 2.47 bits per heavy atom. The van der Waals surface area contributed by atoms with Crippen LogP contribution in [0, 0.1) is 0 Å². The molecule has 0 spiro atoms. The summed E-state index contributed by atoms with van der Waals surface area (Å²) in [7, 11) is 0. The molecule has 1 heterocycles. The number of pyridine rings is 1. The topological polar surface area (TPSA) is 176 Å². The summed E-state index contributed by atoms with van der Waals surface area (Å²) >= 11 is 6.71. The molecule has 3 aromatic rings. The van der Waals surface area contributed by atoms with Gasteiger partial charge in [-0.15, -0.1) is 0 Å². The van der Waals surface area contributed by atoms with Gasteiger partial charge in [0.25, 0.3) is 0 Å². The molecule has 278 valence electrons. The number of para-hydroxylation sites is 1. The summed E-state index contributed by atoms with van der Waals surface area (Å²) < 4.78 is 6.26. The fourth-order valence-corrected chi connectivity index (χ4v) is 6.68. The first kappa shape index (κ1) is 39.1. The second-order valence-corrected chi connectivity index (χ2v) is 14.4. The van der Waals surface area contributed by atoms with E-state index in [4.69, 9.17) is 21.4 Å². The van der Waals surface area contributed by atoms with Crippen molar-refractivity contribution in [3.05, 3.63) is 82.6 Å². The lowest BCUT2D eigenvalue weighted by atomic mass is 9.93. The van der Waals surface area contributed by atoms with Gasteiger partial charge in [0.1, 0.15) is 30.2 Å². The molecule has 2 aromatic carbocycles. The highest BCUT2D eigenvalue weighted by molar-refractivity contribution is 6.31. The van der Waals surface area contributed by atoms with Gasteiger partial charge < -0.3 is 45.6 Å². The quantitative estimate of drug-likeness (QED) is 0.0859. The van der Waals surface area contributed by atoms with Crippen molar-refractivity contribution in [3.63, 3.8) is 0 Å². The Morgan fingerprint density at radius 2 is 1.76 bits per heavy atom. The first-order valence-corrected chi connectivity index (χ1v) is 18.4. The fraction of sp³-hybridized carbons (Fsp3) is 0.538. The minimum absolute atomic E-state index is 0.130. The van der Waals surface area contributed by atoms with Crippen LogP contribution in [-0.2, 0) is 16.9 Å². The Balaban J connectivity index is 1.18. The van der Waals surface area contributed by atoms with E-state index in [-0.39, 0.29) is 49.9 Å². The Hall–Kier alpha value is -3.13. The number of aromatic nitrogens is 1. The Labute approximate surface area is 304 Å². The van der Waals surface area contributed by atoms with Gasteiger partial charge >= 0.3 is 0 Å². The molecule has 5 atom stereocenters. The zero-order valence-electron chi connectivity index (χ0n) is 29.2. The molecule has 0 bridgehead atoms. The SMILES string of the molecule is CC(CCCC(=O)N(CCCO)C[C@H](O)[C@@H](O)[C@H](O)[C@H](O)CO)c1ccc(Cl)c(CNC2(c3cnccc3-c3ccccc3OC3CC3)CC2)c1. The molecule has 2 aliphatic carbocycles. The van der Waals surface area contributed by atoms with Crippen molar-refractivity contribution >= 4 is 17.5 Å². The van der Waals surface area contributed by atoms with Crippen molar-refractivity contribution in [3.8, 4) is 16.9 Å². The highest BCUT2D eigenvalue weighted by Crippen LogP contribution is 2.50.